The van der Waals surface area contributed by atoms with Crippen LogP contribution in [-0.4, -0.2) is 38.2 Å². The molecule has 6 nitrogen and oxygen atoms in total. The quantitative estimate of drug-likeness (QED) is 0.713. The number of nitrogens with zero attached hydrogens (tertiary/aromatic N) is 4. The van der Waals surface area contributed by atoms with Crippen LogP contribution in [0.25, 0.3) is 21.8 Å². The molecule has 0 saturated carbocycles. The first-order valence-corrected chi connectivity index (χ1v) is 9.77. The van der Waals surface area contributed by atoms with Gasteiger partial charge in [-0.2, -0.15) is 5.10 Å². The highest BCUT2D eigenvalue weighted by Crippen LogP contribution is 2.26. The summed E-state index contributed by atoms with van der Waals surface area (Å²) < 4.78 is 3.43. The molecule has 1 aliphatic heterocycles. The maximum atomic E-state index is 12.7. The van der Waals surface area contributed by atoms with Crippen LogP contribution in [0.3, 0.4) is 0 Å². The second kappa shape index (κ2) is 7.18. The number of carbonyl (C=O) groups excluding carboxylic acids is 1. The zero-order chi connectivity index (χ0) is 19.0. The molecule has 0 spiro atoms. The van der Waals surface area contributed by atoms with Gasteiger partial charge in [0, 0.05) is 49.4 Å². The number of para-hydroxylation sites is 1. The zero-order valence-electron chi connectivity index (χ0n) is 16.0. The molecule has 0 N–H and O–H groups in total. The first-order chi connectivity index (χ1) is 13.1. The molecule has 6 heteroatoms. The minimum atomic E-state index is -0.0973. The summed E-state index contributed by atoms with van der Waals surface area (Å²) >= 11 is 0. The van der Waals surface area contributed by atoms with Crippen LogP contribution in [0.2, 0.25) is 0 Å². The fraction of sp³-hybridized carbons (Fsp3) is 0.476. The van der Waals surface area contributed by atoms with Crippen LogP contribution < -0.4 is 5.56 Å². The molecule has 1 aromatic carbocycles. The van der Waals surface area contributed by atoms with Crippen LogP contribution in [0.5, 0.6) is 0 Å². The number of carbonyl (C=O) groups is 1. The second-order valence-corrected chi connectivity index (χ2v) is 7.70. The molecule has 142 valence electrons. The SMILES string of the molecule is C[C@@H]1CCCN(C(=O)CCCn2c3ccccc3c3cnn(C)c(=O)c32)C1. The molecule has 27 heavy (non-hydrogen) atoms. The Kier molecular flexibility index (Phi) is 4.72. The van der Waals surface area contributed by atoms with Gasteiger partial charge >= 0.3 is 0 Å². The molecule has 4 rings (SSSR count). The Labute approximate surface area is 158 Å². The number of benzene rings is 1. The van der Waals surface area contributed by atoms with E-state index in [0.29, 0.717) is 24.4 Å². The van der Waals surface area contributed by atoms with Gasteiger partial charge in [-0.25, -0.2) is 4.68 Å². The maximum absolute atomic E-state index is 12.7. The topological polar surface area (TPSA) is 60.1 Å². The Morgan fingerprint density at radius 1 is 1.26 bits per heavy atom. The van der Waals surface area contributed by atoms with E-state index in [0.717, 1.165) is 42.2 Å². The highest BCUT2D eigenvalue weighted by molar-refractivity contribution is 6.07. The molecule has 0 aliphatic carbocycles. The first-order valence-electron chi connectivity index (χ1n) is 9.77. The molecule has 1 saturated heterocycles. The van der Waals surface area contributed by atoms with Crippen LogP contribution >= 0.6 is 0 Å². The van der Waals surface area contributed by atoms with Gasteiger partial charge in [0.25, 0.3) is 5.56 Å². The van der Waals surface area contributed by atoms with Crippen LogP contribution in [0.4, 0.5) is 0 Å². The standard InChI is InChI=1S/C21H26N4O2/c1-15-7-5-11-24(14-15)19(26)10-6-12-25-18-9-4-3-8-16(18)17-13-22-23(2)21(27)20(17)25/h3-4,8-9,13,15H,5-7,10-12,14H2,1-2H3/t15-/m1/s1. The molecular formula is C21H26N4O2. The predicted octanol–water partition coefficient (Wildman–Crippen LogP) is 2.93. The summed E-state index contributed by atoms with van der Waals surface area (Å²) in [7, 11) is 1.67. The number of piperidine rings is 1. The van der Waals surface area contributed by atoms with Crippen molar-refractivity contribution in [2.24, 2.45) is 13.0 Å². The van der Waals surface area contributed by atoms with Crippen LogP contribution in [-0.2, 0) is 18.4 Å². The first kappa shape index (κ1) is 17.8. The van der Waals surface area contributed by atoms with E-state index >= 15 is 0 Å². The molecule has 1 fully saturated rings. The largest absolute Gasteiger partial charge is 0.342 e. The van der Waals surface area contributed by atoms with Gasteiger partial charge in [-0.05, 0) is 31.2 Å². The van der Waals surface area contributed by atoms with Crippen molar-refractivity contribution in [1.82, 2.24) is 19.2 Å². The van der Waals surface area contributed by atoms with Crippen LogP contribution in [0, 0.1) is 5.92 Å². The summed E-state index contributed by atoms with van der Waals surface area (Å²) in [6.07, 6.45) is 5.32. The molecule has 3 heterocycles. The molecule has 1 atom stereocenters. The maximum Gasteiger partial charge on any atom is 0.291 e. The summed E-state index contributed by atoms with van der Waals surface area (Å²) in [6, 6.07) is 8.01. The Balaban J connectivity index is 1.59. The fourth-order valence-electron chi connectivity index (χ4n) is 4.24. The van der Waals surface area contributed by atoms with Crippen molar-refractivity contribution in [2.75, 3.05) is 13.1 Å². The van der Waals surface area contributed by atoms with E-state index in [1.54, 1.807) is 13.2 Å². The van der Waals surface area contributed by atoms with Crippen LogP contribution in [0.15, 0.2) is 35.3 Å². The van der Waals surface area contributed by atoms with Crippen molar-refractivity contribution < 1.29 is 4.79 Å². The third-order valence-electron chi connectivity index (χ3n) is 5.65. The minimum Gasteiger partial charge on any atom is -0.342 e. The third-order valence-corrected chi connectivity index (χ3v) is 5.65. The molecular weight excluding hydrogens is 340 g/mol. The Morgan fingerprint density at radius 3 is 2.89 bits per heavy atom. The number of fused-ring (bicyclic) bond motifs is 3. The summed E-state index contributed by atoms with van der Waals surface area (Å²) in [5, 5.41) is 6.09. The van der Waals surface area contributed by atoms with Gasteiger partial charge in [0.1, 0.15) is 5.52 Å². The average Bonchev–Trinajstić information content (AvgIpc) is 2.99. The molecule has 1 amide bonds. The zero-order valence-corrected chi connectivity index (χ0v) is 16.0. The van der Waals surface area contributed by atoms with Crippen molar-refractivity contribution in [3.63, 3.8) is 0 Å². The van der Waals surface area contributed by atoms with E-state index in [-0.39, 0.29) is 11.5 Å². The summed E-state index contributed by atoms with van der Waals surface area (Å²) in [5.41, 5.74) is 1.60. The summed E-state index contributed by atoms with van der Waals surface area (Å²) in [4.78, 5) is 27.3. The molecule has 1 aliphatic rings. The van der Waals surface area contributed by atoms with Crippen LogP contribution in [0.1, 0.15) is 32.6 Å². The van der Waals surface area contributed by atoms with Gasteiger partial charge in [-0.15, -0.1) is 0 Å². The molecule has 2 aromatic heterocycles. The summed E-state index contributed by atoms with van der Waals surface area (Å²) in [5.74, 6) is 0.826. The van der Waals surface area contributed by atoms with Gasteiger partial charge in [0.2, 0.25) is 5.91 Å². The minimum absolute atomic E-state index is 0.0973. The highest BCUT2D eigenvalue weighted by Gasteiger charge is 2.21. The fourth-order valence-corrected chi connectivity index (χ4v) is 4.24. The highest BCUT2D eigenvalue weighted by atomic mass is 16.2. The Hall–Kier alpha value is -2.63. The van der Waals surface area contributed by atoms with Crippen molar-refractivity contribution in [3.8, 4) is 0 Å². The van der Waals surface area contributed by atoms with Crippen molar-refractivity contribution in [1.29, 1.82) is 0 Å². The number of amides is 1. The van der Waals surface area contributed by atoms with E-state index in [4.69, 9.17) is 0 Å². The van der Waals surface area contributed by atoms with Gasteiger partial charge in [-0.1, -0.05) is 25.1 Å². The smallest absolute Gasteiger partial charge is 0.291 e. The van der Waals surface area contributed by atoms with Crippen molar-refractivity contribution >= 4 is 27.7 Å². The van der Waals surface area contributed by atoms with Crippen molar-refractivity contribution in [2.45, 2.75) is 39.2 Å². The Morgan fingerprint density at radius 2 is 2.07 bits per heavy atom. The van der Waals surface area contributed by atoms with Gasteiger partial charge < -0.3 is 9.47 Å². The monoisotopic (exact) mass is 366 g/mol. The van der Waals surface area contributed by atoms with E-state index in [9.17, 15) is 9.59 Å². The van der Waals surface area contributed by atoms with E-state index in [1.807, 2.05) is 29.2 Å². The molecule has 0 radical (unpaired) electrons. The third kappa shape index (κ3) is 3.24. The lowest BCUT2D eigenvalue weighted by Crippen LogP contribution is -2.39. The van der Waals surface area contributed by atoms with E-state index in [2.05, 4.69) is 16.6 Å². The second-order valence-electron chi connectivity index (χ2n) is 7.70. The molecule has 3 aromatic rings. The van der Waals surface area contributed by atoms with Crippen molar-refractivity contribution in [3.05, 3.63) is 40.8 Å². The van der Waals surface area contributed by atoms with Gasteiger partial charge in [-0.3, -0.25) is 9.59 Å². The normalized spacial score (nSPS) is 17.7. The lowest BCUT2D eigenvalue weighted by molar-refractivity contribution is -0.133. The average molecular weight is 366 g/mol. The van der Waals surface area contributed by atoms with Gasteiger partial charge in [0.15, 0.2) is 0 Å². The molecule has 0 bridgehead atoms. The number of rotatable bonds is 4. The summed E-state index contributed by atoms with van der Waals surface area (Å²) in [6.45, 7) is 4.62. The number of hydrogen-bond donors (Lipinski definition) is 0. The molecule has 0 unspecified atom stereocenters. The number of hydrogen-bond acceptors (Lipinski definition) is 3. The Bertz CT molecular complexity index is 1050. The number of aryl methyl sites for hydroxylation is 2. The van der Waals surface area contributed by atoms with E-state index < -0.39 is 0 Å². The van der Waals surface area contributed by atoms with E-state index in [1.165, 1.54) is 11.1 Å². The predicted molar refractivity (Wildman–Crippen MR) is 107 cm³/mol. The van der Waals surface area contributed by atoms with Gasteiger partial charge in [0.05, 0.1) is 6.20 Å². The number of aromatic nitrogens is 3. The number of likely N-dealkylation sites (tertiary alicyclic amines) is 1. The lowest BCUT2D eigenvalue weighted by atomic mass is 10.00. The lowest BCUT2D eigenvalue weighted by Gasteiger charge is -2.31.